The van der Waals surface area contributed by atoms with Crippen molar-refractivity contribution in [1.29, 1.82) is 0 Å². The van der Waals surface area contributed by atoms with Crippen LogP contribution in [-0.4, -0.2) is 32.7 Å². The van der Waals surface area contributed by atoms with Gasteiger partial charge in [-0.2, -0.15) is 0 Å². The summed E-state index contributed by atoms with van der Waals surface area (Å²) >= 11 is 0. The number of carbonyl (C=O) groups is 1. The van der Waals surface area contributed by atoms with Gasteiger partial charge in [0.1, 0.15) is 5.78 Å². The molecule has 1 unspecified atom stereocenters. The van der Waals surface area contributed by atoms with Crippen LogP contribution in [0.1, 0.15) is 26.7 Å². The third-order valence-corrected chi connectivity index (χ3v) is 2.00. The maximum absolute atomic E-state index is 11.4. The van der Waals surface area contributed by atoms with Crippen molar-refractivity contribution >= 4 is 5.78 Å². The minimum atomic E-state index is 0.0976. The van der Waals surface area contributed by atoms with E-state index in [2.05, 4.69) is 0 Å². The molecule has 3 nitrogen and oxygen atoms in total. The van der Waals surface area contributed by atoms with E-state index < -0.39 is 0 Å². The van der Waals surface area contributed by atoms with E-state index in [0.717, 1.165) is 6.42 Å². The lowest BCUT2D eigenvalue weighted by atomic mass is 10.0. The highest BCUT2D eigenvalue weighted by molar-refractivity contribution is 5.80. The van der Waals surface area contributed by atoms with Gasteiger partial charge < -0.3 is 9.47 Å². The Kier molecular flexibility index (Phi) is 7.94. The number of hydrogen-bond acceptors (Lipinski definition) is 3. The van der Waals surface area contributed by atoms with Gasteiger partial charge in [0.05, 0.1) is 6.61 Å². The molecule has 0 aliphatic rings. The Hall–Kier alpha value is -0.410. The summed E-state index contributed by atoms with van der Waals surface area (Å²) in [4.78, 5) is 11.4. The van der Waals surface area contributed by atoms with Gasteiger partial charge in [0.2, 0.25) is 0 Å². The van der Waals surface area contributed by atoms with E-state index in [1.54, 1.807) is 7.11 Å². The Labute approximate surface area is 80.4 Å². The molecule has 0 saturated carbocycles. The molecule has 0 N–H and O–H groups in total. The minimum Gasteiger partial charge on any atom is -0.385 e. The molecule has 0 aromatic carbocycles. The third-order valence-electron chi connectivity index (χ3n) is 2.00. The van der Waals surface area contributed by atoms with Gasteiger partial charge in [-0.1, -0.05) is 6.92 Å². The van der Waals surface area contributed by atoms with Crippen molar-refractivity contribution in [3.63, 3.8) is 0 Å². The summed E-state index contributed by atoms with van der Waals surface area (Å²) in [5.41, 5.74) is 0. The lowest BCUT2D eigenvalue weighted by Gasteiger charge is -2.09. The fourth-order valence-corrected chi connectivity index (χ4v) is 1.02. The van der Waals surface area contributed by atoms with Gasteiger partial charge in [-0.25, -0.2) is 0 Å². The average Bonchev–Trinajstić information content (AvgIpc) is 2.14. The fourth-order valence-electron chi connectivity index (χ4n) is 1.02. The summed E-state index contributed by atoms with van der Waals surface area (Å²) in [5.74, 6) is 0.367. The molecule has 1 atom stereocenters. The molecule has 78 valence electrons. The molecule has 0 amide bonds. The number of rotatable bonds is 8. The van der Waals surface area contributed by atoms with Crippen molar-refractivity contribution in [2.45, 2.75) is 26.7 Å². The van der Waals surface area contributed by atoms with Crippen LogP contribution in [0.5, 0.6) is 0 Å². The van der Waals surface area contributed by atoms with Crippen LogP contribution < -0.4 is 0 Å². The number of carbonyl (C=O) groups excluding carboxylic acids is 1. The molecule has 3 heteroatoms. The predicted molar refractivity (Wildman–Crippen MR) is 51.8 cm³/mol. The van der Waals surface area contributed by atoms with Crippen LogP contribution in [0, 0.1) is 5.92 Å². The van der Waals surface area contributed by atoms with Crippen molar-refractivity contribution in [2.75, 3.05) is 26.9 Å². The second-order valence-electron chi connectivity index (χ2n) is 3.10. The first kappa shape index (κ1) is 12.6. The molecule has 0 aromatic rings. The normalized spacial score (nSPS) is 12.8. The molecule has 0 spiro atoms. The van der Waals surface area contributed by atoms with Crippen molar-refractivity contribution in [3.8, 4) is 0 Å². The zero-order valence-corrected chi connectivity index (χ0v) is 8.84. The Balaban J connectivity index is 3.45. The van der Waals surface area contributed by atoms with Crippen molar-refractivity contribution < 1.29 is 14.3 Å². The molecule has 0 saturated heterocycles. The van der Waals surface area contributed by atoms with Gasteiger partial charge in [0.25, 0.3) is 0 Å². The van der Waals surface area contributed by atoms with Gasteiger partial charge in [0.15, 0.2) is 0 Å². The van der Waals surface area contributed by atoms with E-state index in [-0.39, 0.29) is 11.7 Å². The van der Waals surface area contributed by atoms with Gasteiger partial charge in [-0.05, 0) is 13.3 Å². The van der Waals surface area contributed by atoms with E-state index >= 15 is 0 Å². The lowest BCUT2D eigenvalue weighted by Crippen LogP contribution is -2.15. The van der Waals surface area contributed by atoms with Crippen LogP contribution in [0.15, 0.2) is 0 Å². The summed E-state index contributed by atoms with van der Waals surface area (Å²) in [5, 5.41) is 0. The molecule has 0 heterocycles. The number of ether oxygens (including phenoxy) is 2. The summed E-state index contributed by atoms with van der Waals surface area (Å²) in [6.07, 6.45) is 1.33. The van der Waals surface area contributed by atoms with Crippen molar-refractivity contribution in [2.24, 2.45) is 5.92 Å². The van der Waals surface area contributed by atoms with E-state index in [1.165, 1.54) is 0 Å². The van der Waals surface area contributed by atoms with E-state index in [4.69, 9.17) is 9.47 Å². The SMILES string of the molecule is CCOCCC(=O)C(C)CCOC. The van der Waals surface area contributed by atoms with Gasteiger partial charge in [-0.15, -0.1) is 0 Å². The molecule has 0 aliphatic carbocycles. The maximum atomic E-state index is 11.4. The highest BCUT2D eigenvalue weighted by Gasteiger charge is 2.11. The van der Waals surface area contributed by atoms with Crippen LogP contribution in [0.2, 0.25) is 0 Å². The second-order valence-corrected chi connectivity index (χ2v) is 3.10. The Morgan fingerprint density at radius 1 is 1.38 bits per heavy atom. The maximum Gasteiger partial charge on any atom is 0.138 e. The Morgan fingerprint density at radius 3 is 2.62 bits per heavy atom. The third kappa shape index (κ3) is 6.72. The summed E-state index contributed by atoms with van der Waals surface area (Å²) in [7, 11) is 1.65. The highest BCUT2D eigenvalue weighted by atomic mass is 16.5. The topological polar surface area (TPSA) is 35.5 Å². The smallest absolute Gasteiger partial charge is 0.138 e. The van der Waals surface area contributed by atoms with Crippen LogP contribution >= 0.6 is 0 Å². The molecule has 0 fully saturated rings. The molecule has 0 bridgehead atoms. The largest absolute Gasteiger partial charge is 0.385 e. The first-order valence-corrected chi connectivity index (χ1v) is 4.81. The van der Waals surface area contributed by atoms with Crippen LogP contribution in [0.25, 0.3) is 0 Å². The number of Topliss-reactive ketones (excluding diaryl/α,β-unsaturated/α-hetero) is 1. The fraction of sp³-hybridized carbons (Fsp3) is 0.900. The Morgan fingerprint density at radius 2 is 2.08 bits per heavy atom. The molecule has 0 rings (SSSR count). The number of ketones is 1. The Bertz CT molecular complexity index is 134. The first-order valence-electron chi connectivity index (χ1n) is 4.81. The number of hydrogen-bond donors (Lipinski definition) is 0. The number of methoxy groups -OCH3 is 1. The average molecular weight is 188 g/mol. The van der Waals surface area contributed by atoms with Gasteiger partial charge in [0, 0.05) is 32.7 Å². The molecular weight excluding hydrogens is 168 g/mol. The van der Waals surface area contributed by atoms with Gasteiger partial charge >= 0.3 is 0 Å². The molecule has 0 radical (unpaired) electrons. The van der Waals surface area contributed by atoms with Crippen LogP contribution in [0.3, 0.4) is 0 Å². The molecule has 0 aromatic heterocycles. The molecule has 13 heavy (non-hydrogen) atoms. The monoisotopic (exact) mass is 188 g/mol. The van der Waals surface area contributed by atoms with Gasteiger partial charge in [-0.3, -0.25) is 4.79 Å². The molecule has 0 aliphatic heterocycles. The molecular formula is C10H20O3. The standard InChI is InChI=1S/C10H20O3/c1-4-13-8-6-10(11)9(2)5-7-12-3/h9H,4-8H2,1-3H3. The minimum absolute atomic E-state index is 0.0976. The van der Waals surface area contributed by atoms with E-state index in [1.807, 2.05) is 13.8 Å². The van der Waals surface area contributed by atoms with Crippen LogP contribution in [0.4, 0.5) is 0 Å². The lowest BCUT2D eigenvalue weighted by molar-refractivity contribution is -0.123. The first-order chi connectivity index (χ1) is 6.22. The van der Waals surface area contributed by atoms with E-state index in [0.29, 0.717) is 26.2 Å². The van der Waals surface area contributed by atoms with Crippen LogP contribution in [-0.2, 0) is 14.3 Å². The summed E-state index contributed by atoms with van der Waals surface area (Å²) < 4.78 is 10.0. The second kappa shape index (κ2) is 8.20. The van der Waals surface area contributed by atoms with Crippen molar-refractivity contribution in [1.82, 2.24) is 0 Å². The quantitative estimate of drug-likeness (QED) is 0.543. The predicted octanol–water partition coefficient (Wildman–Crippen LogP) is 1.65. The zero-order valence-electron chi connectivity index (χ0n) is 8.84. The van der Waals surface area contributed by atoms with E-state index in [9.17, 15) is 4.79 Å². The summed E-state index contributed by atoms with van der Waals surface area (Å²) in [6.45, 7) is 5.75. The highest BCUT2D eigenvalue weighted by Crippen LogP contribution is 2.06. The van der Waals surface area contributed by atoms with Crippen molar-refractivity contribution in [3.05, 3.63) is 0 Å². The summed E-state index contributed by atoms with van der Waals surface area (Å²) in [6, 6.07) is 0. The zero-order chi connectivity index (χ0) is 10.1.